The zero-order valence-corrected chi connectivity index (χ0v) is 15.6. The molecule has 1 saturated carbocycles. The average Bonchev–Trinajstić information content (AvgIpc) is 3.33. The quantitative estimate of drug-likeness (QED) is 0.755. The minimum absolute atomic E-state index is 0.0712. The van der Waals surface area contributed by atoms with Gasteiger partial charge in [-0.3, -0.25) is 4.79 Å². The molecule has 7 heteroatoms. The lowest BCUT2D eigenvalue weighted by molar-refractivity contribution is -0.122. The van der Waals surface area contributed by atoms with Gasteiger partial charge in [0, 0.05) is 12.0 Å². The lowest BCUT2D eigenvalue weighted by atomic mass is 10.0. The van der Waals surface area contributed by atoms with Gasteiger partial charge in [0.15, 0.2) is 11.5 Å². The van der Waals surface area contributed by atoms with Crippen LogP contribution in [0.1, 0.15) is 68.6 Å². The van der Waals surface area contributed by atoms with Crippen LogP contribution in [0.5, 0.6) is 0 Å². The van der Waals surface area contributed by atoms with Crippen molar-refractivity contribution in [2.24, 2.45) is 5.92 Å². The predicted molar refractivity (Wildman–Crippen MR) is 97.8 cm³/mol. The first kappa shape index (κ1) is 17.0. The van der Waals surface area contributed by atoms with E-state index in [-0.39, 0.29) is 11.9 Å². The van der Waals surface area contributed by atoms with Crippen LogP contribution in [-0.4, -0.2) is 25.5 Å². The summed E-state index contributed by atoms with van der Waals surface area (Å²) >= 11 is 0. The van der Waals surface area contributed by atoms with Crippen LogP contribution in [0.25, 0.3) is 16.7 Å². The van der Waals surface area contributed by atoms with Gasteiger partial charge in [0.25, 0.3) is 0 Å². The molecule has 1 aliphatic rings. The van der Waals surface area contributed by atoms with Crippen molar-refractivity contribution in [1.29, 1.82) is 0 Å². The smallest absolute Gasteiger partial charge is 0.231 e. The van der Waals surface area contributed by atoms with E-state index in [0.29, 0.717) is 23.6 Å². The number of rotatable bonds is 5. The second-order valence-corrected chi connectivity index (χ2v) is 7.42. The molecule has 0 aliphatic heterocycles. The Bertz CT molecular complexity index is 952. The van der Waals surface area contributed by atoms with Crippen molar-refractivity contribution in [3.63, 3.8) is 0 Å². The SMILES string of the molecule is Cc1oc2ncn3nc([C@H](C)NC(=O)CCC4CCCC4)nc3c2c1C. The summed E-state index contributed by atoms with van der Waals surface area (Å²) in [6, 6.07) is -0.241. The molecule has 1 amide bonds. The average molecular weight is 355 g/mol. The normalized spacial score (nSPS) is 16.6. The Hall–Kier alpha value is -2.44. The van der Waals surface area contributed by atoms with Gasteiger partial charge in [0.05, 0.1) is 11.4 Å². The molecule has 0 saturated heterocycles. The number of carbonyl (C=O) groups is 1. The van der Waals surface area contributed by atoms with Crippen LogP contribution in [0.3, 0.4) is 0 Å². The first-order chi connectivity index (χ1) is 12.5. The highest BCUT2D eigenvalue weighted by Crippen LogP contribution is 2.29. The third kappa shape index (κ3) is 3.06. The Morgan fingerprint density at radius 3 is 2.92 bits per heavy atom. The first-order valence-corrected chi connectivity index (χ1v) is 9.43. The lowest BCUT2D eigenvalue weighted by Crippen LogP contribution is -2.27. The Morgan fingerprint density at radius 1 is 1.38 bits per heavy atom. The van der Waals surface area contributed by atoms with Crippen LogP contribution < -0.4 is 5.32 Å². The number of hydrogen-bond donors (Lipinski definition) is 1. The van der Waals surface area contributed by atoms with E-state index in [1.54, 1.807) is 10.8 Å². The van der Waals surface area contributed by atoms with E-state index in [1.807, 2.05) is 20.8 Å². The van der Waals surface area contributed by atoms with E-state index in [0.717, 1.165) is 29.0 Å². The fraction of sp³-hybridized carbons (Fsp3) is 0.579. The largest absolute Gasteiger partial charge is 0.443 e. The van der Waals surface area contributed by atoms with Crippen molar-refractivity contribution in [2.75, 3.05) is 0 Å². The Morgan fingerprint density at radius 2 is 2.15 bits per heavy atom. The van der Waals surface area contributed by atoms with Crippen LogP contribution in [0.4, 0.5) is 0 Å². The van der Waals surface area contributed by atoms with Gasteiger partial charge in [-0.15, -0.1) is 5.10 Å². The summed E-state index contributed by atoms with van der Waals surface area (Å²) in [5.74, 6) is 2.21. The highest BCUT2D eigenvalue weighted by molar-refractivity contribution is 5.91. The maximum Gasteiger partial charge on any atom is 0.231 e. The molecule has 3 heterocycles. The van der Waals surface area contributed by atoms with Gasteiger partial charge < -0.3 is 9.73 Å². The van der Waals surface area contributed by atoms with Gasteiger partial charge in [-0.1, -0.05) is 25.7 Å². The van der Waals surface area contributed by atoms with Gasteiger partial charge in [0.1, 0.15) is 12.1 Å². The van der Waals surface area contributed by atoms with E-state index in [2.05, 4.69) is 20.4 Å². The highest BCUT2D eigenvalue weighted by atomic mass is 16.3. The third-order valence-electron chi connectivity index (χ3n) is 5.54. The molecule has 7 nitrogen and oxygen atoms in total. The number of aromatic nitrogens is 4. The van der Waals surface area contributed by atoms with Crippen molar-refractivity contribution < 1.29 is 9.21 Å². The molecule has 3 aromatic rings. The molecule has 0 bridgehead atoms. The molecule has 0 aromatic carbocycles. The number of nitrogens with one attached hydrogen (secondary N) is 1. The number of fused-ring (bicyclic) bond motifs is 3. The van der Waals surface area contributed by atoms with Crippen molar-refractivity contribution in [3.8, 4) is 0 Å². The van der Waals surface area contributed by atoms with E-state index in [9.17, 15) is 4.79 Å². The van der Waals surface area contributed by atoms with Gasteiger partial charge in [0.2, 0.25) is 11.6 Å². The second-order valence-electron chi connectivity index (χ2n) is 7.42. The molecule has 1 N–H and O–H groups in total. The van der Waals surface area contributed by atoms with Crippen molar-refractivity contribution in [2.45, 2.75) is 65.3 Å². The van der Waals surface area contributed by atoms with Gasteiger partial charge in [-0.2, -0.15) is 0 Å². The molecular formula is C19H25N5O2. The van der Waals surface area contributed by atoms with Crippen LogP contribution in [0.15, 0.2) is 10.7 Å². The molecule has 26 heavy (non-hydrogen) atoms. The van der Waals surface area contributed by atoms with E-state index in [1.165, 1.54) is 25.7 Å². The maximum absolute atomic E-state index is 12.3. The molecular weight excluding hydrogens is 330 g/mol. The first-order valence-electron chi connectivity index (χ1n) is 9.43. The van der Waals surface area contributed by atoms with Crippen LogP contribution in [0, 0.1) is 19.8 Å². The summed E-state index contributed by atoms with van der Waals surface area (Å²) in [7, 11) is 0. The van der Waals surface area contributed by atoms with E-state index >= 15 is 0 Å². The summed E-state index contributed by atoms with van der Waals surface area (Å²) in [5, 5.41) is 8.40. The van der Waals surface area contributed by atoms with E-state index in [4.69, 9.17) is 4.42 Å². The zero-order chi connectivity index (χ0) is 18.3. The Kier molecular flexibility index (Phi) is 4.38. The number of aryl methyl sites for hydroxylation is 2. The van der Waals surface area contributed by atoms with Crippen molar-refractivity contribution in [3.05, 3.63) is 23.5 Å². The van der Waals surface area contributed by atoms with Gasteiger partial charge in [-0.25, -0.2) is 14.5 Å². The number of furan rings is 1. The molecule has 1 aliphatic carbocycles. The second kappa shape index (κ2) is 6.70. The van der Waals surface area contributed by atoms with Crippen LogP contribution >= 0.6 is 0 Å². The number of carbonyl (C=O) groups excluding carboxylic acids is 1. The molecule has 0 unspecified atom stereocenters. The minimum atomic E-state index is -0.241. The predicted octanol–water partition coefficient (Wildman–Crippen LogP) is 3.63. The fourth-order valence-corrected chi connectivity index (χ4v) is 3.86. The number of hydrogen-bond acceptors (Lipinski definition) is 5. The third-order valence-corrected chi connectivity index (χ3v) is 5.54. The molecule has 1 atom stereocenters. The molecule has 138 valence electrons. The molecule has 0 spiro atoms. The zero-order valence-electron chi connectivity index (χ0n) is 15.6. The van der Waals surface area contributed by atoms with E-state index < -0.39 is 0 Å². The topological polar surface area (TPSA) is 85.3 Å². The van der Waals surface area contributed by atoms with Crippen molar-refractivity contribution >= 4 is 22.7 Å². The standard InChI is InChI=1S/C19H25N5O2/c1-11-13(3)26-19-16(11)18-22-17(23-24(18)10-20-19)12(2)21-15(25)9-8-14-6-4-5-7-14/h10,12,14H,4-9H2,1-3H3,(H,21,25)/t12-/m0/s1. The monoisotopic (exact) mass is 355 g/mol. The molecule has 0 radical (unpaired) electrons. The Balaban J connectivity index is 1.50. The highest BCUT2D eigenvalue weighted by Gasteiger charge is 2.20. The summed E-state index contributed by atoms with van der Waals surface area (Å²) < 4.78 is 7.31. The number of nitrogens with zero attached hydrogens (tertiary/aromatic N) is 4. The van der Waals surface area contributed by atoms with Crippen LogP contribution in [-0.2, 0) is 4.79 Å². The maximum atomic E-state index is 12.3. The minimum Gasteiger partial charge on any atom is -0.443 e. The Labute approximate surface area is 152 Å². The van der Waals surface area contributed by atoms with Gasteiger partial charge >= 0.3 is 0 Å². The lowest BCUT2D eigenvalue weighted by Gasteiger charge is -2.12. The molecule has 1 fully saturated rings. The summed E-state index contributed by atoms with van der Waals surface area (Å²) in [6.45, 7) is 5.82. The van der Waals surface area contributed by atoms with Crippen LogP contribution in [0.2, 0.25) is 0 Å². The summed E-state index contributed by atoms with van der Waals surface area (Å²) in [5.41, 5.74) is 2.30. The number of amides is 1. The molecule has 4 rings (SSSR count). The molecule has 3 aromatic heterocycles. The van der Waals surface area contributed by atoms with Crippen molar-refractivity contribution in [1.82, 2.24) is 24.9 Å². The van der Waals surface area contributed by atoms with Gasteiger partial charge in [-0.05, 0) is 33.1 Å². The summed E-state index contributed by atoms with van der Waals surface area (Å²) in [6.07, 6.45) is 8.31. The summed E-state index contributed by atoms with van der Waals surface area (Å²) in [4.78, 5) is 21.2. The fourth-order valence-electron chi connectivity index (χ4n) is 3.86.